The first-order valence-corrected chi connectivity index (χ1v) is 9.81. The molecule has 5 nitrogen and oxygen atoms in total. The van der Waals surface area contributed by atoms with Crippen LogP contribution < -0.4 is 0 Å². The fourth-order valence-electron chi connectivity index (χ4n) is 3.01. The Labute approximate surface area is 169 Å². The van der Waals surface area contributed by atoms with E-state index in [9.17, 15) is 13.2 Å². The predicted molar refractivity (Wildman–Crippen MR) is 106 cm³/mol. The van der Waals surface area contributed by atoms with Crippen molar-refractivity contribution in [3.63, 3.8) is 0 Å². The molecule has 0 aliphatic carbocycles. The molecule has 9 heteroatoms. The lowest BCUT2D eigenvalue weighted by Crippen LogP contribution is -2.07. The number of hydrogen-bond donors (Lipinski definition) is 0. The Bertz CT molecular complexity index is 1170. The van der Waals surface area contributed by atoms with Gasteiger partial charge in [0.2, 0.25) is 0 Å². The highest BCUT2D eigenvalue weighted by atomic mass is 32.2. The molecule has 4 heterocycles. The maximum atomic E-state index is 13.0. The number of fused-ring (bicyclic) bond motifs is 1. The first-order chi connectivity index (χ1) is 13.9. The van der Waals surface area contributed by atoms with Crippen LogP contribution >= 0.6 is 11.8 Å². The fourth-order valence-corrected chi connectivity index (χ4v) is 3.81. The molecule has 0 atom stereocenters. The number of thioether (sulfide) groups is 1. The standard InChI is InChI=1S/C20H16F3N5S/c1-3-29-16-8-12(13-6-4-5-7-24-13)10-26-18(16)19-27-14-9-17(20(21,22)23)25-11-15(14)28(19)2/h4-11H,3H2,1-2H3. The van der Waals surface area contributed by atoms with Gasteiger partial charge in [0.05, 0.1) is 22.9 Å². The van der Waals surface area contributed by atoms with Gasteiger partial charge in [0, 0.05) is 29.9 Å². The van der Waals surface area contributed by atoms with Crippen LogP contribution in [0.2, 0.25) is 0 Å². The molecule has 0 N–H and O–H groups in total. The Kier molecular flexibility index (Phi) is 4.99. The van der Waals surface area contributed by atoms with Gasteiger partial charge in [-0.2, -0.15) is 13.2 Å². The van der Waals surface area contributed by atoms with Gasteiger partial charge in [-0.1, -0.05) is 13.0 Å². The third kappa shape index (κ3) is 3.69. The molecule has 0 bridgehead atoms. The molecule has 0 radical (unpaired) electrons. The lowest BCUT2D eigenvalue weighted by molar-refractivity contribution is -0.141. The molecule has 29 heavy (non-hydrogen) atoms. The van der Waals surface area contributed by atoms with Crippen LogP contribution in [0.15, 0.2) is 53.8 Å². The lowest BCUT2D eigenvalue weighted by Gasteiger charge is -2.10. The normalized spacial score (nSPS) is 11.9. The van der Waals surface area contributed by atoms with Crippen molar-refractivity contribution < 1.29 is 13.2 Å². The zero-order valence-electron chi connectivity index (χ0n) is 15.6. The quantitative estimate of drug-likeness (QED) is 0.428. The van der Waals surface area contributed by atoms with E-state index in [2.05, 4.69) is 19.9 Å². The van der Waals surface area contributed by atoms with E-state index in [1.165, 1.54) is 6.20 Å². The van der Waals surface area contributed by atoms with E-state index in [0.717, 1.165) is 28.0 Å². The van der Waals surface area contributed by atoms with E-state index >= 15 is 0 Å². The van der Waals surface area contributed by atoms with E-state index in [1.807, 2.05) is 31.2 Å². The summed E-state index contributed by atoms with van der Waals surface area (Å²) in [5.41, 5.74) is 2.06. The minimum Gasteiger partial charge on any atom is -0.325 e. The third-order valence-electron chi connectivity index (χ3n) is 4.38. The first-order valence-electron chi connectivity index (χ1n) is 8.82. The molecule has 0 saturated heterocycles. The number of nitrogens with zero attached hydrogens (tertiary/aromatic N) is 5. The number of hydrogen-bond acceptors (Lipinski definition) is 5. The van der Waals surface area contributed by atoms with Crippen LogP contribution in [0.1, 0.15) is 12.6 Å². The van der Waals surface area contributed by atoms with Gasteiger partial charge in [-0.3, -0.25) is 9.97 Å². The zero-order chi connectivity index (χ0) is 20.6. The van der Waals surface area contributed by atoms with Crippen LogP contribution in [0.25, 0.3) is 33.8 Å². The summed E-state index contributed by atoms with van der Waals surface area (Å²) in [4.78, 5) is 17.8. The first kappa shape index (κ1) is 19.4. The molecule has 0 aromatic carbocycles. The van der Waals surface area contributed by atoms with Gasteiger partial charge in [0.1, 0.15) is 11.4 Å². The van der Waals surface area contributed by atoms with E-state index in [-0.39, 0.29) is 5.52 Å². The second-order valence-corrected chi connectivity index (χ2v) is 7.58. The molecule has 148 valence electrons. The maximum Gasteiger partial charge on any atom is 0.433 e. The maximum absolute atomic E-state index is 13.0. The topological polar surface area (TPSA) is 56.5 Å². The van der Waals surface area contributed by atoms with Gasteiger partial charge < -0.3 is 4.57 Å². The summed E-state index contributed by atoms with van der Waals surface area (Å²) < 4.78 is 40.7. The molecule has 0 spiro atoms. The number of halogens is 3. The van der Waals surface area contributed by atoms with Crippen molar-refractivity contribution >= 4 is 22.8 Å². The second-order valence-electron chi connectivity index (χ2n) is 6.27. The Hall–Kier alpha value is -2.94. The van der Waals surface area contributed by atoms with Crippen LogP contribution in [0.4, 0.5) is 13.2 Å². The molecule has 4 aromatic rings. The molecule has 0 saturated carbocycles. The largest absolute Gasteiger partial charge is 0.433 e. The van der Waals surface area contributed by atoms with Crippen molar-refractivity contribution in [3.05, 3.63) is 54.6 Å². The Morgan fingerprint density at radius 3 is 2.59 bits per heavy atom. The Morgan fingerprint density at radius 2 is 1.90 bits per heavy atom. The smallest absolute Gasteiger partial charge is 0.325 e. The van der Waals surface area contributed by atoms with E-state index in [1.54, 1.807) is 35.8 Å². The van der Waals surface area contributed by atoms with Crippen molar-refractivity contribution in [3.8, 4) is 22.8 Å². The highest BCUT2D eigenvalue weighted by Gasteiger charge is 2.33. The molecule has 4 rings (SSSR count). The average molecular weight is 415 g/mol. The second kappa shape index (κ2) is 7.47. The zero-order valence-corrected chi connectivity index (χ0v) is 16.4. The summed E-state index contributed by atoms with van der Waals surface area (Å²) in [5, 5.41) is 0. The van der Waals surface area contributed by atoms with Crippen LogP contribution in [0, 0.1) is 0 Å². The van der Waals surface area contributed by atoms with Crippen molar-refractivity contribution in [2.45, 2.75) is 18.0 Å². The summed E-state index contributed by atoms with van der Waals surface area (Å²) >= 11 is 1.59. The highest BCUT2D eigenvalue weighted by molar-refractivity contribution is 7.99. The van der Waals surface area contributed by atoms with Gasteiger partial charge in [-0.05, 0) is 30.0 Å². The number of pyridine rings is 3. The number of rotatable bonds is 4. The minimum atomic E-state index is -4.52. The monoisotopic (exact) mass is 415 g/mol. The summed E-state index contributed by atoms with van der Waals surface area (Å²) in [6.45, 7) is 2.02. The van der Waals surface area contributed by atoms with Crippen LogP contribution in [0.5, 0.6) is 0 Å². The van der Waals surface area contributed by atoms with E-state index in [4.69, 9.17) is 0 Å². The van der Waals surface area contributed by atoms with Gasteiger partial charge in [-0.25, -0.2) is 9.97 Å². The van der Waals surface area contributed by atoms with E-state index in [0.29, 0.717) is 17.0 Å². The van der Waals surface area contributed by atoms with Crippen LogP contribution in [-0.2, 0) is 13.2 Å². The van der Waals surface area contributed by atoms with Crippen LogP contribution in [-0.4, -0.2) is 30.3 Å². The molecule has 0 amide bonds. The number of aryl methyl sites for hydroxylation is 1. The lowest BCUT2D eigenvalue weighted by atomic mass is 10.2. The number of alkyl halides is 3. The van der Waals surface area contributed by atoms with Gasteiger partial charge in [0.25, 0.3) is 0 Å². The number of imidazole rings is 1. The molecule has 0 fully saturated rings. The molecular formula is C20H16F3N5S. The summed E-state index contributed by atoms with van der Waals surface area (Å²) in [5.74, 6) is 1.30. The van der Waals surface area contributed by atoms with Gasteiger partial charge >= 0.3 is 6.18 Å². The van der Waals surface area contributed by atoms with Crippen molar-refractivity contribution in [2.24, 2.45) is 7.05 Å². The van der Waals surface area contributed by atoms with Crippen molar-refractivity contribution in [1.29, 1.82) is 0 Å². The summed E-state index contributed by atoms with van der Waals surface area (Å²) in [6, 6.07) is 8.59. The third-order valence-corrected chi connectivity index (χ3v) is 5.29. The van der Waals surface area contributed by atoms with Crippen molar-refractivity contribution in [1.82, 2.24) is 24.5 Å². The molecule has 4 aromatic heterocycles. The van der Waals surface area contributed by atoms with E-state index < -0.39 is 11.9 Å². The fraction of sp³-hybridized carbons (Fsp3) is 0.200. The molecular weight excluding hydrogens is 399 g/mol. The summed E-state index contributed by atoms with van der Waals surface area (Å²) in [7, 11) is 1.74. The SMILES string of the molecule is CCSc1cc(-c2ccccn2)cnc1-c1nc2cc(C(F)(F)F)ncc2n1C. The average Bonchev–Trinajstić information content (AvgIpc) is 3.04. The van der Waals surface area contributed by atoms with Crippen LogP contribution in [0.3, 0.4) is 0 Å². The minimum absolute atomic E-state index is 0.230. The van der Waals surface area contributed by atoms with Gasteiger partial charge in [-0.15, -0.1) is 11.8 Å². The molecule has 0 unspecified atom stereocenters. The number of aromatic nitrogens is 5. The van der Waals surface area contributed by atoms with Crippen molar-refractivity contribution in [2.75, 3.05) is 5.75 Å². The van der Waals surface area contributed by atoms with Gasteiger partial charge in [0.15, 0.2) is 5.82 Å². The molecule has 0 aliphatic rings. The predicted octanol–water partition coefficient (Wildman–Crippen LogP) is 5.22. The highest BCUT2D eigenvalue weighted by Crippen LogP contribution is 2.35. The summed E-state index contributed by atoms with van der Waals surface area (Å²) in [6.07, 6.45) is 0.101. The Morgan fingerprint density at radius 1 is 1.07 bits per heavy atom. The Balaban J connectivity index is 1.85. The molecule has 0 aliphatic heterocycles.